The molecular formula is C26H28N2O4. The van der Waals surface area contributed by atoms with Crippen molar-refractivity contribution in [3.05, 3.63) is 82.9 Å². The number of ether oxygens (including phenoxy) is 2. The van der Waals surface area contributed by atoms with E-state index in [4.69, 9.17) is 9.47 Å². The van der Waals surface area contributed by atoms with E-state index in [9.17, 15) is 9.59 Å². The van der Waals surface area contributed by atoms with Crippen LogP contribution < -0.4 is 20.1 Å². The summed E-state index contributed by atoms with van der Waals surface area (Å²) in [6.07, 6.45) is 0. The van der Waals surface area contributed by atoms with E-state index in [-0.39, 0.29) is 25.0 Å². The summed E-state index contributed by atoms with van der Waals surface area (Å²) < 4.78 is 11.2. The number of carbonyl (C=O) groups excluding carboxylic acids is 2. The summed E-state index contributed by atoms with van der Waals surface area (Å²) in [6, 6.07) is 18.6. The lowest BCUT2D eigenvalue weighted by atomic mass is 10.1. The van der Waals surface area contributed by atoms with E-state index in [0.29, 0.717) is 22.9 Å². The number of para-hydroxylation sites is 2. The van der Waals surface area contributed by atoms with Crippen LogP contribution in [-0.4, -0.2) is 25.0 Å². The fraction of sp³-hybridized carbons (Fsp3) is 0.231. The molecule has 0 spiro atoms. The van der Waals surface area contributed by atoms with Crippen LogP contribution in [0.25, 0.3) is 0 Å². The standard InChI is InChI=1S/C26H28N2O4/c1-17-9-18(2)12-21(11-17)31-15-25(29)27-23-7-5-6-8-24(23)28-26(30)16-32-22-13-19(3)10-20(4)14-22/h5-14H,15-16H2,1-4H3,(H,27,29)(H,28,30). The predicted molar refractivity (Wildman–Crippen MR) is 127 cm³/mol. The molecule has 166 valence electrons. The van der Waals surface area contributed by atoms with Gasteiger partial charge in [0.2, 0.25) is 0 Å². The van der Waals surface area contributed by atoms with Crippen molar-refractivity contribution in [1.29, 1.82) is 0 Å². The number of hydrogen-bond donors (Lipinski definition) is 2. The lowest BCUT2D eigenvalue weighted by Crippen LogP contribution is -2.23. The molecule has 0 atom stereocenters. The smallest absolute Gasteiger partial charge is 0.262 e. The first-order valence-corrected chi connectivity index (χ1v) is 10.4. The number of hydrogen-bond acceptors (Lipinski definition) is 4. The first-order chi connectivity index (χ1) is 15.3. The molecule has 0 saturated heterocycles. The molecule has 0 aromatic heterocycles. The number of benzene rings is 3. The third-order valence-electron chi connectivity index (χ3n) is 4.61. The van der Waals surface area contributed by atoms with Crippen molar-refractivity contribution in [1.82, 2.24) is 0 Å². The summed E-state index contributed by atoms with van der Waals surface area (Å²) in [7, 11) is 0. The van der Waals surface area contributed by atoms with Gasteiger partial charge in [0.15, 0.2) is 13.2 Å². The van der Waals surface area contributed by atoms with E-state index in [1.807, 2.05) is 64.1 Å². The van der Waals surface area contributed by atoms with Crippen LogP contribution in [0.1, 0.15) is 22.3 Å². The maximum absolute atomic E-state index is 12.4. The van der Waals surface area contributed by atoms with Crippen molar-refractivity contribution >= 4 is 23.2 Å². The van der Waals surface area contributed by atoms with Crippen LogP contribution in [0.4, 0.5) is 11.4 Å². The number of anilines is 2. The van der Waals surface area contributed by atoms with E-state index in [0.717, 1.165) is 22.3 Å². The Balaban J connectivity index is 1.56. The molecule has 0 saturated carbocycles. The molecule has 0 fully saturated rings. The first kappa shape index (κ1) is 22.9. The third kappa shape index (κ3) is 6.87. The van der Waals surface area contributed by atoms with Gasteiger partial charge in [-0.2, -0.15) is 0 Å². The molecule has 2 N–H and O–H groups in total. The van der Waals surface area contributed by atoms with Gasteiger partial charge in [-0.1, -0.05) is 24.3 Å². The van der Waals surface area contributed by atoms with Crippen molar-refractivity contribution in [2.24, 2.45) is 0 Å². The normalized spacial score (nSPS) is 10.4. The Kier molecular flexibility index (Phi) is 7.49. The van der Waals surface area contributed by atoms with Crippen molar-refractivity contribution in [2.75, 3.05) is 23.8 Å². The van der Waals surface area contributed by atoms with E-state index in [1.54, 1.807) is 24.3 Å². The number of rotatable bonds is 8. The molecule has 0 aliphatic rings. The zero-order valence-electron chi connectivity index (χ0n) is 18.8. The highest BCUT2D eigenvalue weighted by atomic mass is 16.5. The van der Waals surface area contributed by atoms with Crippen LogP contribution >= 0.6 is 0 Å². The van der Waals surface area contributed by atoms with E-state index in [1.165, 1.54) is 0 Å². The number of amides is 2. The lowest BCUT2D eigenvalue weighted by Gasteiger charge is -2.14. The second kappa shape index (κ2) is 10.5. The highest BCUT2D eigenvalue weighted by Gasteiger charge is 2.11. The maximum Gasteiger partial charge on any atom is 0.262 e. The molecule has 3 aromatic carbocycles. The van der Waals surface area contributed by atoms with Gasteiger partial charge in [-0.25, -0.2) is 0 Å². The maximum atomic E-state index is 12.4. The van der Waals surface area contributed by atoms with Crippen LogP contribution in [0.3, 0.4) is 0 Å². The van der Waals surface area contributed by atoms with Crippen molar-refractivity contribution in [3.63, 3.8) is 0 Å². The fourth-order valence-electron chi connectivity index (χ4n) is 3.40. The quantitative estimate of drug-likeness (QED) is 0.528. The molecule has 0 aliphatic heterocycles. The average molecular weight is 433 g/mol. The molecule has 3 rings (SSSR count). The Morgan fingerprint density at radius 1 is 0.625 bits per heavy atom. The summed E-state index contributed by atoms with van der Waals surface area (Å²) in [5.41, 5.74) is 5.24. The van der Waals surface area contributed by atoms with Gasteiger partial charge in [-0.15, -0.1) is 0 Å². The lowest BCUT2D eigenvalue weighted by molar-refractivity contribution is -0.119. The minimum Gasteiger partial charge on any atom is -0.484 e. The van der Waals surface area contributed by atoms with E-state index < -0.39 is 0 Å². The Morgan fingerprint density at radius 2 is 0.969 bits per heavy atom. The van der Waals surface area contributed by atoms with Crippen LogP contribution in [-0.2, 0) is 9.59 Å². The Morgan fingerprint density at radius 3 is 1.31 bits per heavy atom. The Bertz CT molecular complexity index is 996. The zero-order valence-corrected chi connectivity index (χ0v) is 18.8. The second-order valence-corrected chi connectivity index (χ2v) is 7.87. The van der Waals surface area contributed by atoms with Gasteiger partial charge in [0.05, 0.1) is 11.4 Å². The summed E-state index contributed by atoms with van der Waals surface area (Å²) >= 11 is 0. The molecule has 0 radical (unpaired) electrons. The molecule has 2 amide bonds. The largest absolute Gasteiger partial charge is 0.484 e. The Hall–Kier alpha value is -3.80. The monoisotopic (exact) mass is 432 g/mol. The molecule has 0 unspecified atom stereocenters. The zero-order chi connectivity index (χ0) is 23.1. The van der Waals surface area contributed by atoms with Crippen LogP contribution in [0.5, 0.6) is 11.5 Å². The van der Waals surface area contributed by atoms with Gasteiger partial charge < -0.3 is 20.1 Å². The van der Waals surface area contributed by atoms with E-state index in [2.05, 4.69) is 10.6 Å². The summed E-state index contributed by atoms with van der Waals surface area (Å²) in [4.78, 5) is 24.8. The molecule has 6 heteroatoms. The third-order valence-corrected chi connectivity index (χ3v) is 4.61. The van der Waals surface area contributed by atoms with Crippen LogP contribution in [0.2, 0.25) is 0 Å². The van der Waals surface area contributed by atoms with Gasteiger partial charge in [0.1, 0.15) is 11.5 Å². The SMILES string of the molecule is Cc1cc(C)cc(OCC(=O)Nc2ccccc2NC(=O)COc2cc(C)cc(C)c2)c1. The molecule has 32 heavy (non-hydrogen) atoms. The molecule has 0 bridgehead atoms. The predicted octanol–water partition coefficient (Wildman–Crippen LogP) is 4.96. The van der Waals surface area contributed by atoms with E-state index >= 15 is 0 Å². The fourth-order valence-corrected chi connectivity index (χ4v) is 3.40. The van der Waals surface area contributed by atoms with Crippen LogP contribution in [0, 0.1) is 27.7 Å². The van der Waals surface area contributed by atoms with Gasteiger partial charge in [0.25, 0.3) is 11.8 Å². The minimum atomic E-state index is -0.322. The number of nitrogens with one attached hydrogen (secondary N) is 2. The summed E-state index contributed by atoms with van der Waals surface area (Å²) in [6.45, 7) is 7.62. The topological polar surface area (TPSA) is 76.7 Å². The minimum absolute atomic E-state index is 0.138. The summed E-state index contributed by atoms with van der Waals surface area (Å²) in [5.74, 6) is 0.639. The molecule has 0 heterocycles. The van der Waals surface area contributed by atoms with Crippen LogP contribution in [0.15, 0.2) is 60.7 Å². The van der Waals surface area contributed by atoms with Gasteiger partial charge in [0, 0.05) is 0 Å². The molecule has 3 aromatic rings. The Labute approximate surface area is 188 Å². The first-order valence-electron chi connectivity index (χ1n) is 10.4. The number of carbonyl (C=O) groups is 2. The van der Waals surface area contributed by atoms with Crippen molar-refractivity contribution in [3.8, 4) is 11.5 Å². The molecule has 6 nitrogen and oxygen atoms in total. The summed E-state index contributed by atoms with van der Waals surface area (Å²) in [5, 5.41) is 5.57. The number of aryl methyl sites for hydroxylation is 4. The molecule has 0 aliphatic carbocycles. The second-order valence-electron chi connectivity index (χ2n) is 7.87. The van der Waals surface area contributed by atoms with Gasteiger partial charge in [-0.3, -0.25) is 9.59 Å². The van der Waals surface area contributed by atoms with Gasteiger partial charge in [-0.05, 0) is 86.3 Å². The molecular weight excluding hydrogens is 404 g/mol. The van der Waals surface area contributed by atoms with Crippen molar-refractivity contribution < 1.29 is 19.1 Å². The van der Waals surface area contributed by atoms with Crippen molar-refractivity contribution in [2.45, 2.75) is 27.7 Å². The van der Waals surface area contributed by atoms with Gasteiger partial charge >= 0.3 is 0 Å². The average Bonchev–Trinajstić information content (AvgIpc) is 2.71. The highest BCUT2D eigenvalue weighted by molar-refractivity contribution is 6.00. The highest BCUT2D eigenvalue weighted by Crippen LogP contribution is 2.22.